The molecule has 0 N–H and O–H groups in total. The molecule has 0 fully saturated rings. The fourth-order valence-corrected chi connectivity index (χ4v) is 2.20. The van der Waals surface area contributed by atoms with Crippen molar-refractivity contribution >= 4 is 5.78 Å². The number of aryl methyl sites for hydroxylation is 3. The van der Waals surface area contributed by atoms with Crippen molar-refractivity contribution in [2.45, 2.75) is 27.2 Å². The first-order valence-electron chi connectivity index (χ1n) is 6.09. The molecule has 2 nitrogen and oxygen atoms in total. The summed E-state index contributed by atoms with van der Waals surface area (Å²) in [7, 11) is 0. The standard InChI is InChI=1S/C16H17NO/c1-11-8-5-9-17-14(11)10-15(18)16-12(2)6-4-7-13(16)3/h4-9H,10H2,1-3H3. The molecule has 0 saturated heterocycles. The minimum absolute atomic E-state index is 0.146. The third-order valence-electron chi connectivity index (χ3n) is 3.21. The van der Waals surface area contributed by atoms with Crippen molar-refractivity contribution in [1.82, 2.24) is 4.98 Å². The Morgan fingerprint density at radius 2 is 1.61 bits per heavy atom. The van der Waals surface area contributed by atoms with Crippen LogP contribution in [0, 0.1) is 20.8 Å². The van der Waals surface area contributed by atoms with E-state index in [9.17, 15) is 4.79 Å². The quantitative estimate of drug-likeness (QED) is 0.768. The summed E-state index contributed by atoms with van der Waals surface area (Å²) in [5, 5.41) is 0. The van der Waals surface area contributed by atoms with Crippen LogP contribution in [0.25, 0.3) is 0 Å². The summed E-state index contributed by atoms with van der Waals surface area (Å²) in [6.45, 7) is 5.94. The molecule has 2 rings (SSSR count). The lowest BCUT2D eigenvalue weighted by atomic mass is 9.96. The van der Waals surface area contributed by atoms with Gasteiger partial charge in [0.25, 0.3) is 0 Å². The van der Waals surface area contributed by atoms with E-state index in [1.807, 2.05) is 51.1 Å². The lowest BCUT2D eigenvalue weighted by molar-refractivity contribution is 0.0990. The zero-order chi connectivity index (χ0) is 13.1. The summed E-state index contributed by atoms with van der Waals surface area (Å²) in [6, 6.07) is 9.81. The van der Waals surface area contributed by atoms with E-state index in [0.717, 1.165) is 27.9 Å². The molecule has 0 aliphatic rings. The SMILES string of the molecule is Cc1cccnc1CC(=O)c1c(C)cccc1C. The van der Waals surface area contributed by atoms with Gasteiger partial charge < -0.3 is 0 Å². The Bertz CT molecular complexity index is 567. The second kappa shape index (κ2) is 5.13. The Kier molecular flexibility index (Phi) is 3.56. The van der Waals surface area contributed by atoms with Gasteiger partial charge in [-0.1, -0.05) is 24.3 Å². The lowest BCUT2D eigenvalue weighted by Gasteiger charge is -2.09. The molecule has 0 atom stereocenters. The van der Waals surface area contributed by atoms with Crippen molar-refractivity contribution < 1.29 is 4.79 Å². The molecule has 2 aromatic rings. The van der Waals surface area contributed by atoms with Crippen molar-refractivity contribution in [2.75, 3.05) is 0 Å². The zero-order valence-corrected chi connectivity index (χ0v) is 11.0. The van der Waals surface area contributed by atoms with Crippen molar-refractivity contribution in [3.05, 3.63) is 64.5 Å². The van der Waals surface area contributed by atoms with Gasteiger partial charge in [0.1, 0.15) is 0 Å². The first kappa shape index (κ1) is 12.5. The molecule has 92 valence electrons. The van der Waals surface area contributed by atoms with Crippen LogP contribution in [-0.4, -0.2) is 10.8 Å². The van der Waals surface area contributed by atoms with Crippen LogP contribution < -0.4 is 0 Å². The highest BCUT2D eigenvalue weighted by atomic mass is 16.1. The molecule has 0 saturated carbocycles. The third-order valence-corrected chi connectivity index (χ3v) is 3.21. The average molecular weight is 239 g/mol. The van der Waals surface area contributed by atoms with Gasteiger partial charge in [-0.15, -0.1) is 0 Å². The van der Waals surface area contributed by atoms with Crippen molar-refractivity contribution in [2.24, 2.45) is 0 Å². The predicted octanol–water partition coefficient (Wildman–Crippen LogP) is 3.43. The van der Waals surface area contributed by atoms with Gasteiger partial charge in [0, 0.05) is 11.8 Å². The maximum absolute atomic E-state index is 12.4. The number of benzene rings is 1. The maximum Gasteiger partial charge on any atom is 0.169 e. The van der Waals surface area contributed by atoms with Crippen LogP contribution >= 0.6 is 0 Å². The van der Waals surface area contributed by atoms with Gasteiger partial charge in [-0.25, -0.2) is 0 Å². The highest BCUT2D eigenvalue weighted by Gasteiger charge is 2.13. The van der Waals surface area contributed by atoms with Gasteiger partial charge in [0.2, 0.25) is 0 Å². The minimum atomic E-state index is 0.146. The molecule has 0 aliphatic heterocycles. The van der Waals surface area contributed by atoms with E-state index in [1.165, 1.54) is 0 Å². The fourth-order valence-electron chi connectivity index (χ4n) is 2.20. The predicted molar refractivity (Wildman–Crippen MR) is 72.9 cm³/mol. The van der Waals surface area contributed by atoms with E-state index in [4.69, 9.17) is 0 Å². The molecule has 0 radical (unpaired) electrons. The lowest BCUT2D eigenvalue weighted by Crippen LogP contribution is -2.10. The fraction of sp³-hybridized carbons (Fsp3) is 0.250. The van der Waals surface area contributed by atoms with E-state index >= 15 is 0 Å². The Morgan fingerprint density at radius 3 is 2.22 bits per heavy atom. The summed E-state index contributed by atoms with van der Waals surface area (Å²) >= 11 is 0. The number of carbonyl (C=O) groups is 1. The van der Waals surface area contributed by atoms with E-state index in [2.05, 4.69) is 4.98 Å². The van der Waals surface area contributed by atoms with Crippen LogP contribution in [0.15, 0.2) is 36.5 Å². The van der Waals surface area contributed by atoms with Gasteiger partial charge in [-0.2, -0.15) is 0 Å². The second-order valence-electron chi connectivity index (χ2n) is 4.63. The maximum atomic E-state index is 12.4. The molecule has 0 unspecified atom stereocenters. The van der Waals surface area contributed by atoms with Gasteiger partial charge >= 0.3 is 0 Å². The smallest absolute Gasteiger partial charge is 0.169 e. The highest BCUT2D eigenvalue weighted by Crippen LogP contribution is 2.16. The molecule has 18 heavy (non-hydrogen) atoms. The Morgan fingerprint density at radius 1 is 1.00 bits per heavy atom. The molecular weight excluding hydrogens is 222 g/mol. The Balaban J connectivity index is 2.31. The molecule has 0 amide bonds. The van der Waals surface area contributed by atoms with Crippen molar-refractivity contribution in [3.63, 3.8) is 0 Å². The molecule has 1 aromatic carbocycles. The van der Waals surface area contributed by atoms with E-state index in [0.29, 0.717) is 6.42 Å². The summed E-state index contributed by atoms with van der Waals surface area (Å²) in [5.74, 6) is 0.146. The average Bonchev–Trinajstić information content (AvgIpc) is 2.32. The number of ketones is 1. The van der Waals surface area contributed by atoms with Crippen LogP contribution in [0.5, 0.6) is 0 Å². The van der Waals surface area contributed by atoms with Crippen molar-refractivity contribution in [3.8, 4) is 0 Å². The number of rotatable bonds is 3. The summed E-state index contributed by atoms with van der Waals surface area (Å²) in [5.41, 5.74) is 4.84. The Labute approximate surface area is 108 Å². The van der Waals surface area contributed by atoms with Gasteiger partial charge in [0.05, 0.1) is 12.1 Å². The summed E-state index contributed by atoms with van der Waals surface area (Å²) in [6.07, 6.45) is 2.11. The first-order chi connectivity index (χ1) is 8.59. The van der Waals surface area contributed by atoms with Gasteiger partial charge in [-0.05, 0) is 43.5 Å². The second-order valence-corrected chi connectivity index (χ2v) is 4.63. The third kappa shape index (κ3) is 2.48. The van der Waals surface area contributed by atoms with Crippen LogP contribution in [0.2, 0.25) is 0 Å². The number of pyridine rings is 1. The number of nitrogens with zero attached hydrogens (tertiary/aromatic N) is 1. The summed E-state index contributed by atoms with van der Waals surface area (Å²) in [4.78, 5) is 16.7. The van der Waals surface area contributed by atoms with Crippen LogP contribution in [0.1, 0.15) is 32.7 Å². The first-order valence-corrected chi connectivity index (χ1v) is 6.09. The molecule has 1 aromatic heterocycles. The van der Waals surface area contributed by atoms with Gasteiger partial charge in [-0.3, -0.25) is 9.78 Å². The highest BCUT2D eigenvalue weighted by molar-refractivity contribution is 6.00. The monoisotopic (exact) mass is 239 g/mol. The molecule has 0 aliphatic carbocycles. The number of aromatic nitrogens is 1. The van der Waals surface area contributed by atoms with Crippen LogP contribution in [0.3, 0.4) is 0 Å². The summed E-state index contributed by atoms with van der Waals surface area (Å²) < 4.78 is 0. The zero-order valence-electron chi connectivity index (χ0n) is 11.0. The topological polar surface area (TPSA) is 30.0 Å². The number of carbonyl (C=O) groups excluding carboxylic acids is 1. The number of hydrogen-bond acceptors (Lipinski definition) is 2. The van der Waals surface area contributed by atoms with Crippen molar-refractivity contribution in [1.29, 1.82) is 0 Å². The molecule has 1 heterocycles. The van der Waals surface area contributed by atoms with Crippen LogP contribution in [-0.2, 0) is 6.42 Å². The number of Topliss-reactive ketones (excluding diaryl/α,β-unsaturated/α-hetero) is 1. The van der Waals surface area contributed by atoms with Crippen LogP contribution in [0.4, 0.5) is 0 Å². The van der Waals surface area contributed by atoms with E-state index in [1.54, 1.807) is 6.20 Å². The normalized spacial score (nSPS) is 10.4. The van der Waals surface area contributed by atoms with E-state index in [-0.39, 0.29) is 5.78 Å². The number of hydrogen-bond donors (Lipinski definition) is 0. The molecular formula is C16H17NO. The van der Waals surface area contributed by atoms with E-state index < -0.39 is 0 Å². The molecule has 0 bridgehead atoms. The van der Waals surface area contributed by atoms with Gasteiger partial charge in [0.15, 0.2) is 5.78 Å². The molecule has 0 spiro atoms. The minimum Gasteiger partial charge on any atom is -0.294 e. The largest absolute Gasteiger partial charge is 0.294 e. The molecule has 2 heteroatoms. The Hall–Kier alpha value is -1.96.